The van der Waals surface area contributed by atoms with Crippen molar-refractivity contribution < 1.29 is 4.79 Å². The molecule has 0 radical (unpaired) electrons. The number of hydrogen-bond acceptors (Lipinski definition) is 5. The number of carbonyl (C=O) groups excluding carboxylic acids is 1. The molecule has 0 saturated heterocycles. The predicted octanol–water partition coefficient (Wildman–Crippen LogP) is 4.29. The van der Waals surface area contributed by atoms with E-state index in [4.69, 9.17) is 11.6 Å². The maximum atomic E-state index is 12.5. The Morgan fingerprint density at radius 1 is 1.32 bits per heavy atom. The minimum Gasteiger partial charge on any atom is -0.385 e. The van der Waals surface area contributed by atoms with E-state index in [2.05, 4.69) is 27.3 Å². The summed E-state index contributed by atoms with van der Waals surface area (Å²) in [5.41, 5.74) is 2.87. The van der Waals surface area contributed by atoms with Crippen molar-refractivity contribution in [2.24, 2.45) is 0 Å². The second-order valence-corrected chi connectivity index (χ2v) is 6.50. The molecule has 7 heteroatoms. The summed E-state index contributed by atoms with van der Waals surface area (Å²) in [5.74, 6) is 0.621. The van der Waals surface area contributed by atoms with Crippen LogP contribution in [0.2, 0.25) is 0 Å². The lowest BCUT2D eigenvalue weighted by molar-refractivity contribution is 0.0956. The van der Waals surface area contributed by atoms with E-state index in [9.17, 15) is 4.79 Å². The lowest BCUT2D eigenvalue weighted by Crippen LogP contribution is -2.14. The van der Waals surface area contributed by atoms with E-state index in [0.29, 0.717) is 23.3 Å². The van der Waals surface area contributed by atoms with Gasteiger partial charge in [0.15, 0.2) is 5.82 Å². The van der Waals surface area contributed by atoms with Crippen molar-refractivity contribution in [3.05, 3.63) is 77.5 Å². The summed E-state index contributed by atoms with van der Waals surface area (Å²) in [4.78, 5) is 16.9. The smallest absolute Gasteiger partial charge is 0.273 e. The molecule has 0 unspecified atom stereocenters. The van der Waals surface area contributed by atoms with Gasteiger partial charge in [-0.1, -0.05) is 54.6 Å². The number of nitrogens with zero attached hydrogens (tertiary/aromatic N) is 3. The maximum Gasteiger partial charge on any atom is 0.273 e. The molecular formula is C21H24ClN5O. The molecule has 6 nitrogen and oxygen atoms in total. The van der Waals surface area contributed by atoms with Crippen molar-refractivity contribution in [3.8, 4) is 11.4 Å². The molecule has 146 valence electrons. The fourth-order valence-electron chi connectivity index (χ4n) is 2.37. The Kier molecular flexibility index (Phi) is 7.77. The van der Waals surface area contributed by atoms with E-state index in [0.717, 1.165) is 16.8 Å². The van der Waals surface area contributed by atoms with Gasteiger partial charge in [-0.15, -0.1) is 5.10 Å². The third kappa shape index (κ3) is 5.96. The highest BCUT2D eigenvalue weighted by Crippen LogP contribution is 2.21. The molecule has 0 fully saturated rings. The third-order valence-electron chi connectivity index (χ3n) is 3.81. The average molecular weight is 398 g/mol. The number of aromatic nitrogens is 3. The molecule has 2 aromatic rings. The Morgan fingerprint density at radius 3 is 2.75 bits per heavy atom. The van der Waals surface area contributed by atoms with Crippen molar-refractivity contribution in [2.75, 3.05) is 18.9 Å². The molecule has 0 atom stereocenters. The zero-order chi connectivity index (χ0) is 20.5. The van der Waals surface area contributed by atoms with Gasteiger partial charge in [0, 0.05) is 36.0 Å². The first-order valence-electron chi connectivity index (χ1n) is 8.77. The number of nitrogens with one attached hydrogen (secondary N) is 2. The van der Waals surface area contributed by atoms with Gasteiger partial charge < -0.3 is 10.6 Å². The molecule has 0 bridgehead atoms. The van der Waals surface area contributed by atoms with E-state index in [1.807, 2.05) is 44.2 Å². The number of aryl methyl sites for hydroxylation is 1. The molecule has 0 spiro atoms. The van der Waals surface area contributed by atoms with Gasteiger partial charge in [0.1, 0.15) is 0 Å². The molecule has 0 aliphatic carbocycles. The van der Waals surface area contributed by atoms with Crippen LogP contribution in [0.15, 0.2) is 72.0 Å². The van der Waals surface area contributed by atoms with Gasteiger partial charge in [0.2, 0.25) is 5.95 Å². The first-order valence-corrected chi connectivity index (χ1v) is 9.15. The van der Waals surface area contributed by atoms with Crippen LogP contribution in [0.1, 0.15) is 17.3 Å². The highest BCUT2D eigenvalue weighted by Gasteiger charge is 2.15. The maximum absolute atomic E-state index is 12.5. The van der Waals surface area contributed by atoms with Crippen LogP contribution in [0, 0.1) is 6.92 Å². The molecule has 0 aliphatic rings. The van der Waals surface area contributed by atoms with Gasteiger partial charge in [-0.2, -0.15) is 9.67 Å². The van der Waals surface area contributed by atoms with Crippen LogP contribution in [0.4, 0.5) is 5.95 Å². The minimum atomic E-state index is -0.279. The Balaban J connectivity index is 2.05. The van der Waals surface area contributed by atoms with Gasteiger partial charge in [0.05, 0.1) is 0 Å². The molecule has 1 aromatic carbocycles. The van der Waals surface area contributed by atoms with E-state index < -0.39 is 0 Å². The molecule has 0 amide bonds. The number of allylic oxidation sites excluding steroid dienone is 6. The van der Waals surface area contributed by atoms with Crippen LogP contribution in [-0.4, -0.2) is 34.3 Å². The van der Waals surface area contributed by atoms with Crippen molar-refractivity contribution in [1.82, 2.24) is 20.1 Å². The van der Waals surface area contributed by atoms with Crippen LogP contribution in [0.25, 0.3) is 11.4 Å². The first kappa shape index (κ1) is 21.2. The number of carbonyl (C=O) groups is 1. The monoisotopic (exact) mass is 397 g/mol. The van der Waals surface area contributed by atoms with E-state index in [1.165, 1.54) is 10.8 Å². The summed E-state index contributed by atoms with van der Waals surface area (Å²) in [7, 11) is 1.71. The highest BCUT2D eigenvalue weighted by molar-refractivity contribution is 6.30. The molecule has 2 rings (SSSR count). The largest absolute Gasteiger partial charge is 0.385 e. The van der Waals surface area contributed by atoms with Gasteiger partial charge in [-0.3, -0.25) is 4.79 Å². The fourth-order valence-corrected chi connectivity index (χ4v) is 2.44. The van der Waals surface area contributed by atoms with Crippen LogP contribution in [0.5, 0.6) is 0 Å². The Labute approximate surface area is 170 Å². The minimum absolute atomic E-state index is 0.279. The van der Waals surface area contributed by atoms with Crippen molar-refractivity contribution in [2.45, 2.75) is 13.8 Å². The van der Waals surface area contributed by atoms with Crippen LogP contribution in [-0.2, 0) is 0 Å². The SMILES string of the molecule is C=C(Cl)/C=C\C=C(/C)NC/C=C/C(=O)n1nc(-c2ccccc2C)nc1NC. The summed E-state index contributed by atoms with van der Waals surface area (Å²) in [6.45, 7) is 7.98. The summed E-state index contributed by atoms with van der Waals surface area (Å²) >= 11 is 5.66. The zero-order valence-electron chi connectivity index (χ0n) is 16.2. The second-order valence-electron chi connectivity index (χ2n) is 6.01. The fraction of sp³-hybridized carbons (Fsp3) is 0.190. The van der Waals surface area contributed by atoms with Gasteiger partial charge in [-0.05, 0) is 31.6 Å². The van der Waals surface area contributed by atoms with Crippen LogP contribution in [0.3, 0.4) is 0 Å². The second kappa shape index (κ2) is 10.3. The number of hydrogen-bond donors (Lipinski definition) is 2. The summed E-state index contributed by atoms with van der Waals surface area (Å²) in [6.07, 6.45) is 8.57. The van der Waals surface area contributed by atoms with Gasteiger partial charge >= 0.3 is 0 Å². The number of benzene rings is 1. The average Bonchev–Trinajstić information content (AvgIpc) is 3.09. The zero-order valence-corrected chi connectivity index (χ0v) is 17.0. The van der Waals surface area contributed by atoms with Crippen LogP contribution >= 0.6 is 11.6 Å². The van der Waals surface area contributed by atoms with Crippen molar-refractivity contribution in [3.63, 3.8) is 0 Å². The Morgan fingerprint density at radius 2 is 2.07 bits per heavy atom. The van der Waals surface area contributed by atoms with Crippen molar-refractivity contribution >= 4 is 23.5 Å². The standard InChI is InChI=1S/C21H24ClN5O/c1-15-9-5-6-12-18(15)20-25-21(23-4)27(26-20)19(28)13-8-14-24-17(3)11-7-10-16(2)22/h5-13,24H,2,14H2,1,3-4H3,(H,23,25,26)/b10-7-,13-8+,17-11+. The van der Waals surface area contributed by atoms with E-state index in [-0.39, 0.29) is 5.91 Å². The number of anilines is 1. The molecule has 0 aliphatic heterocycles. The Bertz CT molecular complexity index is 940. The predicted molar refractivity (Wildman–Crippen MR) is 115 cm³/mol. The van der Waals surface area contributed by atoms with Gasteiger partial charge in [0.25, 0.3) is 5.91 Å². The number of halogens is 1. The van der Waals surface area contributed by atoms with E-state index >= 15 is 0 Å². The lowest BCUT2D eigenvalue weighted by Gasteiger charge is -2.02. The molecular weight excluding hydrogens is 374 g/mol. The van der Waals surface area contributed by atoms with Gasteiger partial charge in [-0.25, -0.2) is 0 Å². The topological polar surface area (TPSA) is 71.8 Å². The molecule has 1 heterocycles. The summed E-state index contributed by atoms with van der Waals surface area (Å²) < 4.78 is 1.26. The molecule has 28 heavy (non-hydrogen) atoms. The Hall–Kier alpha value is -3.12. The normalized spacial score (nSPS) is 11.9. The van der Waals surface area contributed by atoms with Crippen LogP contribution < -0.4 is 10.6 Å². The third-order valence-corrected chi connectivity index (χ3v) is 3.93. The summed E-state index contributed by atoms with van der Waals surface area (Å²) in [5, 5.41) is 10.9. The summed E-state index contributed by atoms with van der Waals surface area (Å²) in [6, 6.07) is 7.79. The molecule has 2 N–H and O–H groups in total. The molecule has 0 saturated carbocycles. The quantitative estimate of drug-likeness (QED) is 0.513. The van der Waals surface area contributed by atoms with Crippen molar-refractivity contribution in [1.29, 1.82) is 0 Å². The first-order chi connectivity index (χ1) is 13.4. The molecule has 1 aromatic heterocycles. The lowest BCUT2D eigenvalue weighted by atomic mass is 10.1. The highest BCUT2D eigenvalue weighted by atomic mass is 35.5. The number of rotatable bonds is 8. The van der Waals surface area contributed by atoms with E-state index in [1.54, 1.807) is 25.3 Å².